The predicted octanol–water partition coefficient (Wildman–Crippen LogP) is 0.474. The van der Waals surface area contributed by atoms with E-state index in [1.165, 1.54) is 12.8 Å². The molecule has 1 fully saturated rings. The molecule has 3 atom stereocenters. The first-order chi connectivity index (χ1) is 4.20. The number of nitrogens with one attached hydrogen (secondary N) is 1. The highest BCUT2D eigenvalue weighted by molar-refractivity contribution is 4.83. The van der Waals surface area contributed by atoms with E-state index in [1.807, 2.05) is 0 Å². The van der Waals surface area contributed by atoms with Crippen LogP contribution in [0.2, 0.25) is 0 Å². The van der Waals surface area contributed by atoms with Crippen molar-refractivity contribution in [2.45, 2.75) is 44.8 Å². The van der Waals surface area contributed by atoms with Gasteiger partial charge in [-0.1, -0.05) is 0 Å². The topological polar surface area (TPSA) is 38.0 Å². The summed E-state index contributed by atoms with van der Waals surface area (Å²) in [5.74, 6) is 0. The second kappa shape index (κ2) is 2.67. The Balaban J connectivity index is 2.35. The summed E-state index contributed by atoms with van der Waals surface area (Å²) in [7, 11) is 0. The highest BCUT2D eigenvalue weighted by atomic mass is 15.0. The van der Waals surface area contributed by atoms with E-state index in [4.69, 9.17) is 5.73 Å². The van der Waals surface area contributed by atoms with Crippen molar-refractivity contribution >= 4 is 0 Å². The van der Waals surface area contributed by atoms with Crippen LogP contribution in [0.15, 0.2) is 0 Å². The van der Waals surface area contributed by atoms with Gasteiger partial charge >= 0.3 is 0 Å². The van der Waals surface area contributed by atoms with E-state index in [0.717, 1.165) is 0 Å². The Hall–Kier alpha value is -0.0800. The number of hydrogen-bond donors (Lipinski definition) is 2. The number of nitrogens with two attached hydrogens (primary N) is 1. The normalized spacial score (nSPS) is 45.0. The van der Waals surface area contributed by atoms with E-state index in [0.29, 0.717) is 18.1 Å². The van der Waals surface area contributed by atoms with Gasteiger partial charge in [-0.2, -0.15) is 0 Å². The van der Waals surface area contributed by atoms with Crippen molar-refractivity contribution in [1.82, 2.24) is 5.32 Å². The first kappa shape index (κ1) is 7.03. The molecule has 0 amide bonds. The fraction of sp³-hybridized carbons (Fsp3) is 1.00. The maximum Gasteiger partial charge on any atom is 0.0193 e. The van der Waals surface area contributed by atoms with Crippen LogP contribution in [0.25, 0.3) is 0 Å². The van der Waals surface area contributed by atoms with Gasteiger partial charge in [-0.05, 0) is 26.7 Å². The average molecular weight is 128 g/mol. The van der Waals surface area contributed by atoms with Crippen molar-refractivity contribution < 1.29 is 0 Å². The largest absolute Gasteiger partial charge is 0.326 e. The van der Waals surface area contributed by atoms with Crippen molar-refractivity contribution in [3.63, 3.8) is 0 Å². The van der Waals surface area contributed by atoms with E-state index in [2.05, 4.69) is 19.2 Å². The summed E-state index contributed by atoms with van der Waals surface area (Å²) in [5.41, 5.74) is 5.78. The third-order valence-electron chi connectivity index (χ3n) is 2.12. The third-order valence-corrected chi connectivity index (χ3v) is 2.12. The van der Waals surface area contributed by atoms with Crippen LogP contribution in [0.1, 0.15) is 26.7 Å². The highest BCUT2D eigenvalue weighted by Crippen LogP contribution is 2.10. The summed E-state index contributed by atoms with van der Waals surface area (Å²) in [6.07, 6.45) is 2.40. The minimum Gasteiger partial charge on any atom is -0.326 e. The minimum absolute atomic E-state index is 0.376. The van der Waals surface area contributed by atoms with Gasteiger partial charge in [0.2, 0.25) is 0 Å². The molecule has 9 heavy (non-hydrogen) atoms. The molecule has 3 N–H and O–H groups in total. The molecule has 1 rings (SSSR count). The summed E-state index contributed by atoms with van der Waals surface area (Å²) in [6.45, 7) is 4.36. The molecule has 0 aromatic heterocycles. The van der Waals surface area contributed by atoms with Gasteiger partial charge in [0.15, 0.2) is 0 Å². The zero-order valence-corrected chi connectivity index (χ0v) is 6.22. The van der Waals surface area contributed by atoms with E-state index < -0.39 is 0 Å². The standard InChI is InChI=1S/C7H16N2/c1-5-3-4-7(8)6(2)9-5/h5-7,9H,3-4,8H2,1-2H3. The molecule has 0 bridgehead atoms. The van der Waals surface area contributed by atoms with Crippen LogP contribution in [0.3, 0.4) is 0 Å². The van der Waals surface area contributed by atoms with Gasteiger partial charge < -0.3 is 11.1 Å². The molecule has 1 saturated heterocycles. The van der Waals surface area contributed by atoms with Gasteiger partial charge in [-0.25, -0.2) is 0 Å². The number of rotatable bonds is 0. The monoisotopic (exact) mass is 128 g/mol. The molecule has 2 heteroatoms. The van der Waals surface area contributed by atoms with E-state index in [1.54, 1.807) is 0 Å². The van der Waals surface area contributed by atoms with Gasteiger partial charge in [-0.3, -0.25) is 0 Å². The molecular formula is C7H16N2. The smallest absolute Gasteiger partial charge is 0.0193 e. The Kier molecular flexibility index (Phi) is 2.09. The molecule has 0 saturated carbocycles. The second-order valence-electron chi connectivity index (χ2n) is 3.10. The van der Waals surface area contributed by atoms with Gasteiger partial charge in [0.1, 0.15) is 0 Å². The lowest BCUT2D eigenvalue weighted by molar-refractivity contribution is 0.312. The molecule has 0 aromatic carbocycles. The van der Waals surface area contributed by atoms with Gasteiger partial charge in [0.05, 0.1) is 0 Å². The van der Waals surface area contributed by atoms with Crippen LogP contribution in [-0.4, -0.2) is 18.1 Å². The average Bonchev–Trinajstić information content (AvgIpc) is 1.80. The molecule has 1 aliphatic rings. The fourth-order valence-electron chi connectivity index (χ4n) is 1.35. The number of hydrogen-bond acceptors (Lipinski definition) is 2. The van der Waals surface area contributed by atoms with Crippen molar-refractivity contribution in [2.24, 2.45) is 5.73 Å². The lowest BCUT2D eigenvalue weighted by atomic mass is 9.96. The Morgan fingerprint density at radius 3 is 2.44 bits per heavy atom. The summed E-state index contributed by atoms with van der Waals surface area (Å²) >= 11 is 0. The van der Waals surface area contributed by atoms with Crippen molar-refractivity contribution in [1.29, 1.82) is 0 Å². The molecule has 0 aromatic rings. The molecule has 3 unspecified atom stereocenters. The van der Waals surface area contributed by atoms with Gasteiger partial charge in [-0.15, -0.1) is 0 Å². The van der Waals surface area contributed by atoms with Crippen LogP contribution in [-0.2, 0) is 0 Å². The van der Waals surface area contributed by atoms with Crippen molar-refractivity contribution in [3.05, 3.63) is 0 Å². The molecule has 1 aliphatic heterocycles. The van der Waals surface area contributed by atoms with Crippen LogP contribution in [0, 0.1) is 0 Å². The first-order valence-corrected chi connectivity index (χ1v) is 3.72. The third kappa shape index (κ3) is 1.66. The SMILES string of the molecule is CC1CCC(N)C(C)N1. The fourth-order valence-corrected chi connectivity index (χ4v) is 1.35. The first-order valence-electron chi connectivity index (χ1n) is 3.72. The molecule has 0 aliphatic carbocycles. The van der Waals surface area contributed by atoms with Gasteiger partial charge in [0.25, 0.3) is 0 Å². The minimum atomic E-state index is 0.376. The Morgan fingerprint density at radius 1 is 1.33 bits per heavy atom. The van der Waals surface area contributed by atoms with Crippen LogP contribution < -0.4 is 11.1 Å². The maximum atomic E-state index is 5.78. The predicted molar refractivity (Wildman–Crippen MR) is 39.3 cm³/mol. The molecular weight excluding hydrogens is 112 g/mol. The Bertz CT molecular complexity index is 92.9. The molecule has 1 heterocycles. The maximum absolute atomic E-state index is 5.78. The molecule has 54 valence electrons. The second-order valence-corrected chi connectivity index (χ2v) is 3.10. The van der Waals surface area contributed by atoms with Gasteiger partial charge in [0, 0.05) is 18.1 Å². The van der Waals surface area contributed by atoms with E-state index >= 15 is 0 Å². The zero-order chi connectivity index (χ0) is 6.85. The summed E-state index contributed by atoms with van der Waals surface area (Å²) in [4.78, 5) is 0. The zero-order valence-electron chi connectivity index (χ0n) is 6.22. The highest BCUT2D eigenvalue weighted by Gasteiger charge is 2.20. The van der Waals surface area contributed by atoms with E-state index in [-0.39, 0.29) is 0 Å². The summed E-state index contributed by atoms with van der Waals surface area (Å²) in [5, 5.41) is 3.40. The Labute approximate surface area is 56.8 Å². The summed E-state index contributed by atoms with van der Waals surface area (Å²) in [6, 6.07) is 1.55. The van der Waals surface area contributed by atoms with Crippen LogP contribution in [0.4, 0.5) is 0 Å². The lowest BCUT2D eigenvalue weighted by Gasteiger charge is -2.31. The van der Waals surface area contributed by atoms with Crippen molar-refractivity contribution in [2.75, 3.05) is 0 Å². The molecule has 0 radical (unpaired) electrons. The lowest BCUT2D eigenvalue weighted by Crippen LogP contribution is -2.51. The van der Waals surface area contributed by atoms with Crippen molar-refractivity contribution in [3.8, 4) is 0 Å². The molecule has 2 nitrogen and oxygen atoms in total. The molecule has 0 spiro atoms. The summed E-state index contributed by atoms with van der Waals surface area (Å²) < 4.78 is 0. The number of piperidine rings is 1. The van der Waals surface area contributed by atoms with Crippen LogP contribution in [0.5, 0.6) is 0 Å². The quantitative estimate of drug-likeness (QED) is 0.498. The Morgan fingerprint density at radius 2 is 2.00 bits per heavy atom. The van der Waals surface area contributed by atoms with E-state index in [9.17, 15) is 0 Å². The van der Waals surface area contributed by atoms with Crippen LogP contribution >= 0.6 is 0 Å².